The maximum atomic E-state index is 14.1. The summed E-state index contributed by atoms with van der Waals surface area (Å²) in [6.07, 6.45) is 4.21. The lowest BCUT2D eigenvalue weighted by molar-refractivity contribution is -0.133. The molecule has 2 aromatic heterocycles. The first-order chi connectivity index (χ1) is 15.9. The van der Waals surface area contributed by atoms with Crippen LogP contribution in [0.4, 0.5) is 14.9 Å². The highest BCUT2D eigenvalue weighted by Crippen LogP contribution is 2.43. The number of carbonyl (C=O) groups excluding carboxylic acids is 2. The Balaban J connectivity index is 1.48. The predicted octanol–water partition coefficient (Wildman–Crippen LogP) is 4.11. The third kappa shape index (κ3) is 3.72. The smallest absolute Gasteiger partial charge is 0.332 e. The number of piperidine rings is 1. The van der Waals surface area contributed by atoms with Gasteiger partial charge in [-0.05, 0) is 51.0 Å². The van der Waals surface area contributed by atoms with Gasteiger partial charge in [-0.15, -0.1) is 0 Å². The first-order valence-electron chi connectivity index (χ1n) is 11.0. The van der Waals surface area contributed by atoms with Crippen LogP contribution in [-0.2, 0) is 17.9 Å². The van der Waals surface area contributed by atoms with Crippen molar-refractivity contribution in [3.63, 3.8) is 0 Å². The van der Waals surface area contributed by atoms with E-state index in [0.717, 1.165) is 5.56 Å². The number of halogens is 1. The molecule has 0 unspecified atom stereocenters. The second-order valence-corrected chi connectivity index (χ2v) is 8.85. The number of amides is 3. The topological polar surface area (TPSA) is 83.0 Å². The Bertz CT molecular complexity index is 1180. The van der Waals surface area contributed by atoms with Gasteiger partial charge in [-0.3, -0.25) is 19.5 Å². The van der Waals surface area contributed by atoms with Gasteiger partial charge < -0.3 is 8.94 Å². The summed E-state index contributed by atoms with van der Waals surface area (Å²) in [7, 11) is 0. The van der Waals surface area contributed by atoms with Crippen molar-refractivity contribution in [2.75, 3.05) is 11.4 Å². The van der Waals surface area contributed by atoms with Crippen LogP contribution >= 0.6 is 0 Å². The van der Waals surface area contributed by atoms with E-state index in [1.54, 1.807) is 37.6 Å². The molecule has 4 heterocycles. The molecule has 3 amide bonds. The molecule has 2 aliphatic heterocycles. The molecule has 0 saturated carbocycles. The van der Waals surface area contributed by atoms with Crippen molar-refractivity contribution < 1.29 is 22.9 Å². The van der Waals surface area contributed by atoms with Crippen LogP contribution in [0.5, 0.6) is 0 Å². The highest BCUT2D eigenvalue weighted by Gasteiger charge is 2.59. The normalized spacial score (nSPS) is 23.8. The molecule has 1 spiro atoms. The summed E-state index contributed by atoms with van der Waals surface area (Å²) in [6.45, 7) is 5.11. The second-order valence-electron chi connectivity index (χ2n) is 8.85. The van der Waals surface area contributed by atoms with E-state index in [9.17, 15) is 14.0 Å². The van der Waals surface area contributed by atoms with Crippen LogP contribution in [0.1, 0.15) is 36.8 Å². The van der Waals surface area contributed by atoms with Gasteiger partial charge in [-0.1, -0.05) is 11.2 Å². The monoisotopic (exact) mass is 452 g/mol. The Hall–Kier alpha value is -3.46. The third-order valence-electron chi connectivity index (χ3n) is 6.59. The van der Waals surface area contributed by atoms with Crippen molar-refractivity contribution in [1.29, 1.82) is 0 Å². The lowest BCUT2D eigenvalue weighted by atomic mass is 9.81. The Labute approximate surface area is 190 Å². The number of hydrogen-bond donors (Lipinski definition) is 0. The minimum Gasteiger partial charge on any atom is -0.472 e. The third-order valence-corrected chi connectivity index (χ3v) is 6.59. The molecule has 8 nitrogen and oxygen atoms in total. The SMILES string of the molecule is Cc1cc(CN2C(=O)N(c3cccc(F)c3)[C@@]3(CCN(Cc4ccoc4)[C@@H](C)C3)C2=O)no1. The van der Waals surface area contributed by atoms with Crippen molar-refractivity contribution >= 4 is 17.6 Å². The molecule has 172 valence electrons. The fourth-order valence-corrected chi connectivity index (χ4v) is 5.02. The number of carbonyl (C=O) groups is 2. The summed E-state index contributed by atoms with van der Waals surface area (Å²) in [5.74, 6) is -0.145. The number of furan rings is 1. The number of anilines is 1. The Morgan fingerprint density at radius 2 is 2.06 bits per heavy atom. The molecule has 0 aliphatic carbocycles. The zero-order valence-corrected chi connectivity index (χ0v) is 18.5. The zero-order chi connectivity index (χ0) is 23.2. The van der Waals surface area contributed by atoms with E-state index in [-0.39, 0.29) is 18.5 Å². The van der Waals surface area contributed by atoms with Crippen molar-refractivity contribution in [2.24, 2.45) is 0 Å². The molecule has 0 radical (unpaired) electrons. The average Bonchev–Trinajstić information content (AvgIpc) is 3.48. The van der Waals surface area contributed by atoms with Crippen LogP contribution in [0.3, 0.4) is 0 Å². The molecule has 2 saturated heterocycles. The predicted molar refractivity (Wildman–Crippen MR) is 117 cm³/mol. The molecule has 1 aromatic carbocycles. The maximum Gasteiger partial charge on any atom is 0.332 e. The molecule has 2 atom stereocenters. The molecule has 5 rings (SSSR count). The van der Waals surface area contributed by atoms with Crippen molar-refractivity contribution in [3.8, 4) is 0 Å². The van der Waals surface area contributed by atoms with Gasteiger partial charge in [0.2, 0.25) is 0 Å². The van der Waals surface area contributed by atoms with E-state index < -0.39 is 17.4 Å². The first kappa shape index (κ1) is 21.4. The minimum absolute atomic E-state index is 0.00961. The lowest BCUT2D eigenvalue weighted by Crippen LogP contribution is -2.59. The fraction of sp³-hybridized carbons (Fsp3) is 0.375. The largest absolute Gasteiger partial charge is 0.472 e. The summed E-state index contributed by atoms with van der Waals surface area (Å²) in [5.41, 5.74) is 0.839. The van der Waals surface area contributed by atoms with Gasteiger partial charge in [0.15, 0.2) is 0 Å². The number of hydrogen-bond acceptors (Lipinski definition) is 6. The molecule has 2 aliphatic rings. The van der Waals surface area contributed by atoms with Crippen LogP contribution in [0.25, 0.3) is 0 Å². The van der Waals surface area contributed by atoms with Gasteiger partial charge in [-0.25, -0.2) is 9.18 Å². The number of nitrogens with zero attached hydrogens (tertiary/aromatic N) is 4. The maximum absolute atomic E-state index is 14.1. The number of urea groups is 1. The number of imide groups is 1. The Morgan fingerprint density at radius 3 is 2.73 bits per heavy atom. The zero-order valence-electron chi connectivity index (χ0n) is 18.5. The highest BCUT2D eigenvalue weighted by molar-refractivity contribution is 6.16. The average molecular weight is 452 g/mol. The number of aromatic nitrogens is 1. The van der Waals surface area contributed by atoms with Crippen molar-refractivity contribution in [3.05, 3.63) is 71.8 Å². The van der Waals surface area contributed by atoms with Gasteiger partial charge in [0, 0.05) is 36.4 Å². The van der Waals surface area contributed by atoms with E-state index in [4.69, 9.17) is 8.94 Å². The molecule has 33 heavy (non-hydrogen) atoms. The number of rotatable bonds is 5. The van der Waals surface area contributed by atoms with Gasteiger partial charge in [-0.2, -0.15) is 0 Å². The second kappa shape index (κ2) is 8.15. The van der Waals surface area contributed by atoms with Crippen molar-refractivity contribution in [2.45, 2.75) is 51.4 Å². The molecule has 2 fully saturated rings. The molecule has 0 N–H and O–H groups in total. The van der Waals surface area contributed by atoms with Crippen LogP contribution < -0.4 is 4.90 Å². The minimum atomic E-state index is -1.09. The van der Waals surface area contributed by atoms with Gasteiger partial charge >= 0.3 is 6.03 Å². The Morgan fingerprint density at radius 1 is 1.21 bits per heavy atom. The van der Waals surface area contributed by atoms with Crippen LogP contribution in [0.15, 0.2) is 57.9 Å². The standard InChI is InChI=1S/C24H25FN4O4/c1-16-12-24(7-8-27(16)13-18-6-9-32-15-18)22(30)28(14-20-10-17(2)33-26-20)23(31)29(24)21-5-3-4-19(25)11-21/h3-6,9-11,15-16H,7-8,12-14H2,1-2H3/t16-,24+/m0/s1. The molecular weight excluding hydrogens is 427 g/mol. The van der Waals surface area contributed by atoms with E-state index in [0.29, 0.717) is 43.1 Å². The van der Waals surface area contributed by atoms with E-state index in [1.165, 1.54) is 21.9 Å². The summed E-state index contributed by atoms with van der Waals surface area (Å²) in [4.78, 5) is 32.4. The fourth-order valence-electron chi connectivity index (χ4n) is 5.02. The lowest BCUT2D eigenvalue weighted by Gasteiger charge is -2.45. The number of aryl methyl sites for hydroxylation is 1. The quantitative estimate of drug-likeness (QED) is 0.542. The van der Waals surface area contributed by atoms with Crippen LogP contribution in [0, 0.1) is 12.7 Å². The van der Waals surface area contributed by atoms with Gasteiger partial charge in [0.1, 0.15) is 22.8 Å². The Kier molecular flexibility index (Phi) is 5.28. The highest BCUT2D eigenvalue weighted by atomic mass is 19.1. The van der Waals surface area contributed by atoms with Crippen molar-refractivity contribution in [1.82, 2.24) is 15.0 Å². The summed E-state index contributed by atoms with van der Waals surface area (Å²) >= 11 is 0. The molecule has 0 bridgehead atoms. The summed E-state index contributed by atoms with van der Waals surface area (Å²) in [6, 6.07) is 9.01. The molecular formula is C24H25FN4O4. The van der Waals surface area contributed by atoms with E-state index in [2.05, 4.69) is 10.1 Å². The van der Waals surface area contributed by atoms with Crippen LogP contribution in [-0.4, -0.2) is 45.0 Å². The molecule has 9 heteroatoms. The van der Waals surface area contributed by atoms with E-state index in [1.807, 2.05) is 13.0 Å². The van der Waals surface area contributed by atoms with Crippen LogP contribution in [0.2, 0.25) is 0 Å². The summed E-state index contributed by atoms with van der Waals surface area (Å²) in [5, 5.41) is 3.95. The first-order valence-corrected chi connectivity index (χ1v) is 11.0. The number of likely N-dealkylation sites (tertiary alicyclic amines) is 1. The van der Waals surface area contributed by atoms with Gasteiger partial charge in [0.05, 0.1) is 19.1 Å². The van der Waals surface area contributed by atoms with Gasteiger partial charge in [0.25, 0.3) is 5.91 Å². The molecule has 3 aromatic rings. The summed E-state index contributed by atoms with van der Waals surface area (Å²) < 4.78 is 24.4. The van der Waals surface area contributed by atoms with E-state index >= 15 is 0 Å². The number of benzene rings is 1.